The van der Waals surface area contributed by atoms with Gasteiger partial charge in [-0.1, -0.05) is 12.2 Å². The fourth-order valence-electron chi connectivity index (χ4n) is 5.37. The van der Waals surface area contributed by atoms with E-state index in [1.807, 2.05) is 47.4 Å². The van der Waals surface area contributed by atoms with E-state index in [2.05, 4.69) is 15.5 Å². The number of amides is 2. The van der Waals surface area contributed by atoms with Gasteiger partial charge >= 0.3 is 0 Å². The summed E-state index contributed by atoms with van der Waals surface area (Å²) >= 11 is 0. The molecule has 2 unspecified atom stereocenters. The summed E-state index contributed by atoms with van der Waals surface area (Å²) in [7, 11) is 1.61. The molecule has 0 bridgehead atoms. The summed E-state index contributed by atoms with van der Waals surface area (Å²) in [6, 6.07) is 7.29. The number of nitrogens with one attached hydrogen (secondary N) is 2. The molecule has 2 aliphatic carbocycles. The van der Waals surface area contributed by atoms with Gasteiger partial charge in [0.2, 0.25) is 11.8 Å². The number of allylic oxidation sites excluding steroid dienone is 3. The molecule has 2 aliphatic heterocycles. The third-order valence-electron chi connectivity index (χ3n) is 7.76. The van der Waals surface area contributed by atoms with Crippen LogP contribution in [0, 0.1) is 17.8 Å². The van der Waals surface area contributed by atoms with Gasteiger partial charge in [-0.05, 0) is 81.5 Å². The minimum atomic E-state index is -0.276. The van der Waals surface area contributed by atoms with Crippen LogP contribution in [-0.4, -0.2) is 73.4 Å². The number of benzene rings is 1. The number of Topliss-reactive ketones (excluding diaryl/α,β-unsaturated/α-hetero) is 1. The van der Waals surface area contributed by atoms with Crippen molar-refractivity contribution in [3.63, 3.8) is 0 Å². The molecule has 8 nitrogen and oxygen atoms in total. The Morgan fingerprint density at radius 1 is 1.06 bits per heavy atom. The number of nitrogens with zero attached hydrogens (tertiary/aromatic N) is 2. The van der Waals surface area contributed by atoms with Crippen molar-refractivity contribution in [2.45, 2.75) is 38.3 Å². The predicted octanol–water partition coefficient (Wildman–Crippen LogP) is 2.33. The quantitative estimate of drug-likeness (QED) is 0.515. The van der Waals surface area contributed by atoms with Crippen LogP contribution in [0.15, 0.2) is 48.2 Å². The largest absolute Gasteiger partial charge is 0.497 e. The summed E-state index contributed by atoms with van der Waals surface area (Å²) in [6.45, 7) is 3.01. The average Bonchev–Trinajstić information content (AvgIpc) is 3.72. The Bertz CT molecular complexity index is 1040. The van der Waals surface area contributed by atoms with Gasteiger partial charge in [0.1, 0.15) is 11.9 Å². The molecule has 0 spiro atoms. The summed E-state index contributed by atoms with van der Waals surface area (Å²) in [4.78, 5) is 43.0. The SMILES string of the molecule is COc1ccc(C(=O)C2CCN(CC(=O)N(CC3CC3)CC3NC(=O)C4CC=CC=C4N3)CC2)cc1. The molecule has 8 heteroatoms. The standard InChI is InChI=1S/C28H36N4O4/c1-36-22-10-8-20(9-11-22)27(34)21-12-14-31(15-13-21)18-26(33)32(16-19-6-7-19)17-25-29-24-5-3-2-4-23(24)28(35)30-25/h2-3,5,8-11,19,21,23,25,29H,4,6-7,12-18H2,1H3,(H,30,35). The molecule has 192 valence electrons. The van der Waals surface area contributed by atoms with E-state index < -0.39 is 0 Å². The number of rotatable bonds is 9. The first-order valence-corrected chi connectivity index (χ1v) is 13.1. The van der Waals surface area contributed by atoms with Crippen LogP contribution in [0.2, 0.25) is 0 Å². The highest BCUT2D eigenvalue weighted by Gasteiger charge is 2.35. The molecule has 0 radical (unpaired) electrons. The van der Waals surface area contributed by atoms with Gasteiger partial charge in [0.15, 0.2) is 5.78 Å². The van der Waals surface area contributed by atoms with Crippen LogP contribution in [0.3, 0.4) is 0 Å². The lowest BCUT2D eigenvalue weighted by Gasteiger charge is -2.38. The molecule has 3 fully saturated rings. The topological polar surface area (TPSA) is 91.0 Å². The predicted molar refractivity (Wildman–Crippen MR) is 136 cm³/mol. The number of ketones is 1. The fourth-order valence-corrected chi connectivity index (χ4v) is 5.37. The third kappa shape index (κ3) is 5.81. The Labute approximate surface area is 212 Å². The molecule has 2 saturated heterocycles. The molecule has 2 atom stereocenters. The van der Waals surface area contributed by atoms with E-state index in [4.69, 9.17) is 4.74 Å². The zero-order valence-electron chi connectivity index (χ0n) is 20.9. The number of methoxy groups -OCH3 is 1. The summed E-state index contributed by atoms with van der Waals surface area (Å²) in [5, 5.41) is 6.50. The fraction of sp³-hybridized carbons (Fsp3) is 0.536. The summed E-state index contributed by atoms with van der Waals surface area (Å²) < 4.78 is 5.19. The van der Waals surface area contributed by atoms with Crippen LogP contribution in [0.25, 0.3) is 0 Å². The van der Waals surface area contributed by atoms with Gasteiger partial charge in [-0.3, -0.25) is 19.3 Å². The number of likely N-dealkylation sites (tertiary alicyclic amines) is 1. The molecule has 2 amide bonds. The Morgan fingerprint density at radius 2 is 1.81 bits per heavy atom. The van der Waals surface area contributed by atoms with Crippen LogP contribution in [-0.2, 0) is 9.59 Å². The molecule has 2 N–H and O–H groups in total. The van der Waals surface area contributed by atoms with Crippen molar-refractivity contribution in [2.24, 2.45) is 17.8 Å². The van der Waals surface area contributed by atoms with E-state index in [0.717, 1.165) is 56.8 Å². The number of hydrogen-bond acceptors (Lipinski definition) is 6. The highest BCUT2D eigenvalue weighted by atomic mass is 16.5. The van der Waals surface area contributed by atoms with E-state index in [1.165, 1.54) is 0 Å². The van der Waals surface area contributed by atoms with Gasteiger partial charge in [-0.25, -0.2) is 0 Å². The lowest BCUT2D eigenvalue weighted by molar-refractivity contribution is -0.135. The van der Waals surface area contributed by atoms with Crippen molar-refractivity contribution in [3.8, 4) is 5.75 Å². The highest BCUT2D eigenvalue weighted by Crippen LogP contribution is 2.30. The first kappa shape index (κ1) is 24.6. The van der Waals surface area contributed by atoms with Gasteiger partial charge < -0.3 is 20.3 Å². The van der Waals surface area contributed by atoms with Crippen LogP contribution in [0.4, 0.5) is 0 Å². The molecule has 36 heavy (non-hydrogen) atoms. The third-order valence-corrected chi connectivity index (χ3v) is 7.76. The number of fused-ring (bicyclic) bond motifs is 1. The Kier molecular flexibility index (Phi) is 7.41. The molecular weight excluding hydrogens is 456 g/mol. The van der Waals surface area contributed by atoms with E-state index in [-0.39, 0.29) is 35.6 Å². The number of piperidine rings is 1. The second-order valence-corrected chi connectivity index (χ2v) is 10.4. The molecule has 2 heterocycles. The van der Waals surface area contributed by atoms with Crippen molar-refractivity contribution in [3.05, 3.63) is 53.8 Å². The minimum absolute atomic E-state index is 0.0141. The smallest absolute Gasteiger partial charge is 0.236 e. The molecular formula is C28H36N4O4. The van der Waals surface area contributed by atoms with Gasteiger partial charge in [-0.2, -0.15) is 0 Å². The first-order valence-electron chi connectivity index (χ1n) is 13.1. The van der Waals surface area contributed by atoms with Crippen molar-refractivity contribution >= 4 is 17.6 Å². The summed E-state index contributed by atoms with van der Waals surface area (Å²) in [6.07, 6.45) is 10.2. The Morgan fingerprint density at radius 3 is 2.50 bits per heavy atom. The van der Waals surface area contributed by atoms with E-state index in [9.17, 15) is 14.4 Å². The first-order chi connectivity index (χ1) is 17.5. The second-order valence-electron chi connectivity index (χ2n) is 10.4. The second kappa shape index (κ2) is 10.9. The number of carbonyl (C=O) groups is 3. The maximum atomic E-state index is 13.3. The normalized spacial score (nSPS) is 24.2. The van der Waals surface area contributed by atoms with Gasteiger partial charge in [0, 0.05) is 23.7 Å². The average molecular weight is 493 g/mol. The number of carbonyl (C=O) groups excluding carboxylic acids is 3. The molecule has 5 rings (SSSR count). The van der Waals surface area contributed by atoms with Crippen LogP contribution >= 0.6 is 0 Å². The van der Waals surface area contributed by atoms with Crippen molar-refractivity contribution < 1.29 is 19.1 Å². The van der Waals surface area contributed by atoms with Crippen molar-refractivity contribution in [1.82, 2.24) is 20.4 Å². The lowest BCUT2D eigenvalue weighted by Crippen LogP contribution is -2.60. The molecule has 1 aromatic rings. The van der Waals surface area contributed by atoms with Crippen LogP contribution in [0.5, 0.6) is 5.75 Å². The zero-order chi connectivity index (χ0) is 25.1. The van der Waals surface area contributed by atoms with Crippen LogP contribution in [0.1, 0.15) is 42.5 Å². The van der Waals surface area contributed by atoms with Crippen LogP contribution < -0.4 is 15.4 Å². The van der Waals surface area contributed by atoms with E-state index in [1.54, 1.807) is 7.11 Å². The molecule has 4 aliphatic rings. The minimum Gasteiger partial charge on any atom is -0.497 e. The van der Waals surface area contributed by atoms with E-state index in [0.29, 0.717) is 31.0 Å². The number of ether oxygens (including phenoxy) is 1. The van der Waals surface area contributed by atoms with Gasteiger partial charge in [-0.15, -0.1) is 0 Å². The Balaban J connectivity index is 1.14. The maximum Gasteiger partial charge on any atom is 0.236 e. The molecule has 1 aromatic carbocycles. The summed E-state index contributed by atoms with van der Waals surface area (Å²) in [5.41, 5.74) is 1.66. The Hall–Kier alpha value is -3.13. The van der Waals surface area contributed by atoms with Crippen molar-refractivity contribution in [1.29, 1.82) is 0 Å². The monoisotopic (exact) mass is 492 g/mol. The molecule has 0 aromatic heterocycles. The highest BCUT2D eigenvalue weighted by molar-refractivity contribution is 5.98. The molecule has 1 saturated carbocycles. The number of hydrogen-bond donors (Lipinski definition) is 2. The van der Waals surface area contributed by atoms with Gasteiger partial charge in [0.05, 0.1) is 26.1 Å². The van der Waals surface area contributed by atoms with Crippen molar-refractivity contribution in [2.75, 3.05) is 39.8 Å². The van der Waals surface area contributed by atoms with Gasteiger partial charge in [0.25, 0.3) is 0 Å². The summed E-state index contributed by atoms with van der Waals surface area (Å²) in [5.74, 6) is 1.43. The van der Waals surface area contributed by atoms with E-state index >= 15 is 0 Å². The maximum absolute atomic E-state index is 13.3. The zero-order valence-corrected chi connectivity index (χ0v) is 20.9. The lowest BCUT2D eigenvalue weighted by atomic mass is 9.89.